The van der Waals surface area contributed by atoms with Gasteiger partial charge in [-0.25, -0.2) is 0 Å². The third-order valence-electron chi connectivity index (χ3n) is 8.16. The summed E-state index contributed by atoms with van der Waals surface area (Å²) in [4.78, 5) is 0. The van der Waals surface area contributed by atoms with E-state index in [1.54, 1.807) is 6.07 Å². The van der Waals surface area contributed by atoms with E-state index in [9.17, 15) is 10.2 Å². The molecule has 0 amide bonds. The van der Waals surface area contributed by atoms with Gasteiger partial charge in [0.2, 0.25) is 0 Å². The number of benzene rings is 1. The van der Waals surface area contributed by atoms with Gasteiger partial charge >= 0.3 is 0 Å². The average Bonchev–Trinajstić information content (AvgIpc) is 2.80. The molecule has 0 bridgehead atoms. The van der Waals surface area contributed by atoms with Gasteiger partial charge in [-0.05, 0) is 54.4 Å². The van der Waals surface area contributed by atoms with Gasteiger partial charge in [0.25, 0.3) is 0 Å². The number of phenolic OH excluding ortho intramolecular Hbond substituents is 1. The van der Waals surface area contributed by atoms with E-state index in [1.165, 1.54) is 0 Å². The van der Waals surface area contributed by atoms with Crippen molar-refractivity contribution in [3.63, 3.8) is 0 Å². The summed E-state index contributed by atoms with van der Waals surface area (Å²) >= 11 is 0. The van der Waals surface area contributed by atoms with Crippen LogP contribution in [0.4, 0.5) is 0 Å². The quantitative estimate of drug-likeness (QED) is 0.372. The van der Waals surface area contributed by atoms with Gasteiger partial charge in [0.15, 0.2) is 6.29 Å². The van der Waals surface area contributed by atoms with Crippen LogP contribution < -0.4 is 0 Å². The normalized spacial score (nSPS) is 22.1. The molecular formula is C30H56O4. The molecule has 200 valence electrons. The van der Waals surface area contributed by atoms with Gasteiger partial charge < -0.3 is 19.7 Å². The molecule has 1 aliphatic heterocycles. The molecule has 1 fully saturated rings. The summed E-state index contributed by atoms with van der Waals surface area (Å²) in [5.41, 5.74) is 1.01. The zero-order chi connectivity index (χ0) is 26.7. The minimum atomic E-state index is -0.530. The number of para-hydroxylation sites is 1. The van der Waals surface area contributed by atoms with Crippen LogP contribution in [0.5, 0.6) is 5.75 Å². The first-order valence-corrected chi connectivity index (χ1v) is 13.5. The van der Waals surface area contributed by atoms with Crippen LogP contribution in [0.3, 0.4) is 0 Å². The summed E-state index contributed by atoms with van der Waals surface area (Å²) in [5, 5.41) is 19.7. The smallest absolute Gasteiger partial charge is 0.188 e. The molecule has 0 aliphatic carbocycles. The maximum absolute atomic E-state index is 10.2. The summed E-state index contributed by atoms with van der Waals surface area (Å²) in [6, 6.07) is 7.27. The number of aliphatic hydroxyl groups is 1. The maximum Gasteiger partial charge on any atom is 0.188 e. The Bertz CT molecular complexity index is 680. The van der Waals surface area contributed by atoms with Gasteiger partial charge in [-0.2, -0.15) is 0 Å². The van der Waals surface area contributed by atoms with Crippen LogP contribution in [-0.2, 0) is 9.47 Å². The molecule has 0 aromatic heterocycles. The molecule has 1 aromatic carbocycles. The van der Waals surface area contributed by atoms with Crippen LogP contribution in [0.1, 0.15) is 121 Å². The Morgan fingerprint density at radius 2 is 1.41 bits per heavy atom. The van der Waals surface area contributed by atoms with Crippen LogP contribution in [0.2, 0.25) is 0 Å². The van der Waals surface area contributed by atoms with Crippen molar-refractivity contribution >= 4 is 0 Å². The highest BCUT2D eigenvalue weighted by Crippen LogP contribution is 2.49. The largest absolute Gasteiger partial charge is 0.507 e. The first-order valence-electron chi connectivity index (χ1n) is 13.5. The van der Waals surface area contributed by atoms with Crippen molar-refractivity contribution in [2.75, 3.05) is 6.61 Å². The van der Waals surface area contributed by atoms with E-state index in [-0.39, 0.29) is 40.8 Å². The third kappa shape index (κ3) is 8.84. The molecule has 2 rings (SSSR count). The highest BCUT2D eigenvalue weighted by molar-refractivity contribution is 5.33. The van der Waals surface area contributed by atoms with E-state index in [4.69, 9.17) is 9.47 Å². The molecule has 1 aromatic rings. The number of rotatable bonds is 9. The lowest BCUT2D eigenvalue weighted by molar-refractivity contribution is -0.260. The summed E-state index contributed by atoms with van der Waals surface area (Å²) in [6.45, 7) is 26.5. The predicted molar refractivity (Wildman–Crippen MR) is 145 cm³/mol. The van der Waals surface area contributed by atoms with Crippen LogP contribution in [0.15, 0.2) is 24.3 Å². The highest BCUT2D eigenvalue weighted by Gasteiger charge is 2.42. The van der Waals surface area contributed by atoms with Crippen LogP contribution >= 0.6 is 0 Å². The standard InChI is InChI=1S/C26H44O4.2C2H6/c1-18-17-22(30-23(29-18)20-11-9-10-12-21(20)28)19(2)24(3,4)13-14-25(5,6)26(7,8)15-16-27;2*1-2/h9-12,18-19,22-23,27-28H,13-17H2,1-8H3;2*1-2H3. The molecule has 1 aliphatic rings. The number of hydrogen-bond acceptors (Lipinski definition) is 4. The van der Waals surface area contributed by atoms with Crippen LogP contribution in [0, 0.1) is 22.2 Å². The fraction of sp³-hybridized carbons (Fsp3) is 0.800. The molecular weight excluding hydrogens is 424 g/mol. The lowest BCUT2D eigenvalue weighted by atomic mass is 9.61. The van der Waals surface area contributed by atoms with Gasteiger partial charge in [0, 0.05) is 18.6 Å². The van der Waals surface area contributed by atoms with Gasteiger partial charge in [-0.1, -0.05) is 94.4 Å². The molecule has 0 spiro atoms. The molecule has 4 atom stereocenters. The Balaban J connectivity index is 0.00000258. The summed E-state index contributed by atoms with van der Waals surface area (Å²) < 4.78 is 12.4. The van der Waals surface area contributed by atoms with Gasteiger partial charge in [-0.3, -0.25) is 0 Å². The third-order valence-corrected chi connectivity index (χ3v) is 8.16. The first kappa shape index (κ1) is 32.9. The molecule has 4 unspecified atom stereocenters. The van der Waals surface area contributed by atoms with E-state index in [1.807, 2.05) is 45.9 Å². The van der Waals surface area contributed by atoms with Gasteiger partial charge in [-0.15, -0.1) is 0 Å². The van der Waals surface area contributed by atoms with Crippen molar-refractivity contribution in [3.05, 3.63) is 29.8 Å². The Morgan fingerprint density at radius 3 is 1.94 bits per heavy atom. The van der Waals surface area contributed by atoms with E-state index in [0.717, 1.165) is 25.7 Å². The number of phenols is 1. The first-order chi connectivity index (χ1) is 15.8. The van der Waals surface area contributed by atoms with E-state index < -0.39 is 6.29 Å². The second-order valence-corrected chi connectivity index (χ2v) is 11.3. The Kier molecular flexibility index (Phi) is 14.0. The van der Waals surface area contributed by atoms with E-state index in [2.05, 4.69) is 55.4 Å². The van der Waals surface area contributed by atoms with E-state index >= 15 is 0 Å². The minimum absolute atomic E-state index is 0.0712. The molecule has 2 N–H and O–H groups in total. The topological polar surface area (TPSA) is 58.9 Å². The van der Waals surface area contributed by atoms with Crippen LogP contribution in [-0.4, -0.2) is 29.0 Å². The number of hydrogen-bond donors (Lipinski definition) is 2. The maximum atomic E-state index is 10.2. The fourth-order valence-corrected chi connectivity index (χ4v) is 4.32. The SMILES string of the molecule is CC.CC.CC1CC(C(C)C(C)(C)CCC(C)(C)C(C)(C)CCO)OC(c2ccccc2O)O1. The molecule has 4 heteroatoms. The Morgan fingerprint density at radius 1 is 0.882 bits per heavy atom. The highest BCUT2D eigenvalue weighted by atomic mass is 16.7. The molecule has 34 heavy (non-hydrogen) atoms. The molecule has 0 saturated carbocycles. The fourth-order valence-electron chi connectivity index (χ4n) is 4.32. The zero-order valence-corrected chi connectivity index (χ0v) is 24.4. The lowest BCUT2D eigenvalue weighted by Gasteiger charge is -2.46. The summed E-state index contributed by atoms with van der Waals surface area (Å²) in [7, 11) is 0. The molecule has 1 saturated heterocycles. The summed E-state index contributed by atoms with van der Waals surface area (Å²) in [5.74, 6) is 0.559. The molecule has 4 nitrogen and oxygen atoms in total. The van der Waals surface area contributed by atoms with Crippen molar-refractivity contribution < 1.29 is 19.7 Å². The van der Waals surface area contributed by atoms with Crippen molar-refractivity contribution in [2.24, 2.45) is 22.2 Å². The monoisotopic (exact) mass is 480 g/mol. The molecule has 0 radical (unpaired) electrons. The van der Waals surface area contributed by atoms with E-state index in [0.29, 0.717) is 11.5 Å². The number of aromatic hydroxyl groups is 1. The average molecular weight is 481 g/mol. The zero-order valence-electron chi connectivity index (χ0n) is 24.4. The second kappa shape index (κ2) is 14.5. The Hall–Kier alpha value is -1.10. The van der Waals surface area contributed by atoms with Gasteiger partial charge in [0.05, 0.1) is 12.2 Å². The lowest BCUT2D eigenvalue weighted by Crippen LogP contribution is -2.42. The predicted octanol–water partition coefficient (Wildman–Crippen LogP) is 8.51. The van der Waals surface area contributed by atoms with Crippen molar-refractivity contribution in [2.45, 2.75) is 127 Å². The van der Waals surface area contributed by atoms with Crippen molar-refractivity contribution in [1.29, 1.82) is 0 Å². The molecule has 1 heterocycles. The van der Waals surface area contributed by atoms with Crippen molar-refractivity contribution in [3.8, 4) is 5.75 Å². The van der Waals surface area contributed by atoms with Crippen LogP contribution in [0.25, 0.3) is 0 Å². The minimum Gasteiger partial charge on any atom is -0.507 e. The van der Waals surface area contributed by atoms with Crippen molar-refractivity contribution in [1.82, 2.24) is 0 Å². The number of aliphatic hydroxyl groups excluding tert-OH is 1. The number of ether oxygens (including phenoxy) is 2. The van der Waals surface area contributed by atoms with Gasteiger partial charge in [0.1, 0.15) is 5.75 Å². The Labute approximate surface area is 211 Å². The summed E-state index contributed by atoms with van der Waals surface area (Å²) in [6.07, 6.45) is 3.48. The second-order valence-electron chi connectivity index (χ2n) is 11.3.